The number of hydrogen-bond donors (Lipinski definition) is 3. The van der Waals surface area contributed by atoms with Crippen LogP contribution < -0.4 is 0 Å². The molecular formula is C45H69NO3. The minimum atomic E-state index is -0.222. The molecule has 3 aromatic carbocycles. The Labute approximate surface area is 300 Å². The average Bonchev–Trinajstić information content (AvgIpc) is 2.87. The highest BCUT2D eigenvalue weighted by molar-refractivity contribution is 5.51. The van der Waals surface area contributed by atoms with Gasteiger partial charge in [0.05, 0.1) is 0 Å². The zero-order valence-corrected chi connectivity index (χ0v) is 34.4. The Hall–Kier alpha value is -2.98. The van der Waals surface area contributed by atoms with E-state index in [9.17, 15) is 15.3 Å². The van der Waals surface area contributed by atoms with Crippen molar-refractivity contribution in [3.8, 4) is 17.2 Å². The van der Waals surface area contributed by atoms with E-state index in [-0.39, 0.29) is 49.7 Å². The van der Waals surface area contributed by atoms with E-state index < -0.39 is 0 Å². The van der Waals surface area contributed by atoms with Crippen LogP contribution in [0.25, 0.3) is 0 Å². The molecule has 0 aliphatic heterocycles. The normalized spacial score (nSPS) is 13.8. The first-order valence-corrected chi connectivity index (χ1v) is 18.1. The molecule has 0 bridgehead atoms. The second-order valence-electron chi connectivity index (χ2n) is 20.7. The zero-order valence-electron chi connectivity index (χ0n) is 34.4. The molecule has 0 aliphatic rings. The van der Waals surface area contributed by atoms with E-state index >= 15 is 0 Å². The molecule has 0 saturated carbocycles. The number of hydrogen-bond acceptors (Lipinski definition) is 4. The van der Waals surface area contributed by atoms with Crippen LogP contribution in [0.5, 0.6) is 17.2 Å². The summed E-state index contributed by atoms with van der Waals surface area (Å²) in [5, 5.41) is 35.3. The van der Waals surface area contributed by atoms with Crippen molar-refractivity contribution in [1.82, 2.24) is 4.90 Å². The van der Waals surface area contributed by atoms with Crippen molar-refractivity contribution in [2.45, 2.75) is 177 Å². The molecule has 3 aromatic rings. The molecule has 0 spiro atoms. The van der Waals surface area contributed by atoms with Gasteiger partial charge in [-0.05, 0) is 84.1 Å². The maximum Gasteiger partial charge on any atom is 0.120 e. The van der Waals surface area contributed by atoms with Gasteiger partial charge in [-0.3, -0.25) is 4.90 Å². The summed E-state index contributed by atoms with van der Waals surface area (Å²) in [6.45, 7) is 40.7. The predicted molar refractivity (Wildman–Crippen MR) is 209 cm³/mol. The smallest absolute Gasteiger partial charge is 0.120 e. The van der Waals surface area contributed by atoms with Gasteiger partial charge in [0, 0.05) is 36.3 Å². The van der Waals surface area contributed by atoms with Crippen LogP contribution in [0.1, 0.15) is 175 Å². The molecule has 0 aliphatic carbocycles. The first kappa shape index (κ1) is 40.4. The molecule has 4 heteroatoms. The van der Waals surface area contributed by atoms with Gasteiger partial charge >= 0.3 is 0 Å². The highest BCUT2D eigenvalue weighted by atomic mass is 16.3. The third kappa shape index (κ3) is 9.63. The molecule has 3 rings (SSSR count). The summed E-state index contributed by atoms with van der Waals surface area (Å²) in [6, 6.07) is 12.6. The highest BCUT2D eigenvalue weighted by Gasteiger charge is 2.31. The van der Waals surface area contributed by atoms with Gasteiger partial charge in [0.1, 0.15) is 17.2 Å². The maximum absolute atomic E-state index is 11.8. The van der Waals surface area contributed by atoms with E-state index in [0.29, 0.717) is 19.6 Å². The van der Waals surface area contributed by atoms with E-state index in [1.165, 1.54) is 0 Å². The van der Waals surface area contributed by atoms with E-state index in [1.54, 1.807) is 0 Å². The SMILES string of the molecule is CC(C)(C)c1cc(O)c(CN(Cc2c(O)cc(C(C)(C)C)cc2C(C)(C)C)Cc2c(O)cc(C(C)(C)C)cc2C(C)(C)C)c(C(C)(C)C)c1. The summed E-state index contributed by atoms with van der Waals surface area (Å²) in [5.41, 5.74) is 8.21. The van der Waals surface area contributed by atoms with Crippen LogP contribution in [0.4, 0.5) is 0 Å². The molecule has 0 amide bonds. The fourth-order valence-electron chi connectivity index (χ4n) is 6.61. The van der Waals surface area contributed by atoms with Crippen molar-refractivity contribution in [3.63, 3.8) is 0 Å². The standard InChI is InChI=1S/C45H69NO3/c1-40(2,3)28-19-34(43(10,11)12)31(37(47)22-28)25-46(26-32-35(44(13,14)15)20-29(23-38(32)48)41(4,5)6)27-33-36(45(16,17)18)21-30(24-39(33)49)42(7,8)9/h19-24,47-49H,25-27H2,1-18H3. The van der Waals surface area contributed by atoms with Crippen molar-refractivity contribution >= 4 is 0 Å². The van der Waals surface area contributed by atoms with Crippen molar-refractivity contribution in [1.29, 1.82) is 0 Å². The Morgan fingerprint density at radius 1 is 0.347 bits per heavy atom. The lowest BCUT2D eigenvalue weighted by Gasteiger charge is -2.34. The number of phenols is 3. The van der Waals surface area contributed by atoms with Crippen LogP contribution in [0, 0.1) is 0 Å². The minimum Gasteiger partial charge on any atom is -0.508 e. The van der Waals surface area contributed by atoms with Crippen LogP contribution in [0.15, 0.2) is 36.4 Å². The fourth-order valence-corrected chi connectivity index (χ4v) is 6.61. The van der Waals surface area contributed by atoms with E-state index in [4.69, 9.17) is 0 Å². The number of aromatic hydroxyl groups is 3. The number of rotatable bonds is 6. The Kier molecular flexibility index (Phi) is 11.0. The van der Waals surface area contributed by atoms with Crippen LogP contribution in [-0.2, 0) is 52.1 Å². The molecule has 4 nitrogen and oxygen atoms in total. The van der Waals surface area contributed by atoms with Gasteiger partial charge < -0.3 is 15.3 Å². The van der Waals surface area contributed by atoms with Crippen molar-refractivity contribution in [2.24, 2.45) is 0 Å². The average molecular weight is 672 g/mol. The Morgan fingerprint density at radius 3 is 0.714 bits per heavy atom. The van der Waals surface area contributed by atoms with Gasteiger partial charge in [0.2, 0.25) is 0 Å². The quantitative estimate of drug-likeness (QED) is 0.244. The Morgan fingerprint density at radius 2 is 0.551 bits per heavy atom. The number of phenolic OH excluding ortho intramolecular Hbond substituents is 3. The molecule has 0 saturated heterocycles. The van der Waals surface area contributed by atoms with Crippen LogP contribution in [-0.4, -0.2) is 20.2 Å². The van der Waals surface area contributed by atoms with Gasteiger partial charge in [-0.1, -0.05) is 143 Å². The summed E-state index contributed by atoms with van der Waals surface area (Å²) >= 11 is 0. The molecule has 0 atom stereocenters. The molecule has 0 fully saturated rings. The molecule has 0 unspecified atom stereocenters. The van der Waals surface area contributed by atoms with Crippen LogP contribution >= 0.6 is 0 Å². The molecule has 49 heavy (non-hydrogen) atoms. The summed E-state index contributed by atoms with van der Waals surface area (Å²) < 4.78 is 0. The molecule has 0 radical (unpaired) electrons. The third-order valence-electron chi connectivity index (χ3n) is 9.85. The first-order valence-electron chi connectivity index (χ1n) is 18.1. The second-order valence-corrected chi connectivity index (χ2v) is 20.7. The van der Waals surface area contributed by atoms with Crippen LogP contribution in [0.2, 0.25) is 0 Å². The van der Waals surface area contributed by atoms with Gasteiger partial charge in [-0.15, -0.1) is 0 Å². The first-order chi connectivity index (χ1) is 21.8. The fraction of sp³-hybridized carbons (Fsp3) is 0.600. The second kappa shape index (κ2) is 13.3. The topological polar surface area (TPSA) is 63.9 Å². The monoisotopic (exact) mass is 672 g/mol. The Balaban J connectivity index is 2.37. The largest absolute Gasteiger partial charge is 0.508 e. The van der Waals surface area contributed by atoms with E-state index in [0.717, 1.165) is 50.1 Å². The summed E-state index contributed by atoms with van der Waals surface area (Å²) in [7, 11) is 0. The minimum absolute atomic E-state index is 0.125. The lowest BCUT2D eigenvalue weighted by atomic mass is 9.77. The van der Waals surface area contributed by atoms with E-state index in [1.807, 2.05) is 18.2 Å². The third-order valence-corrected chi connectivity index (χ3v) is 9.85. The van der Waals surface area contributed by atoms with Gasteiger partial charge in [0.15, 0.2) is 0 Å². The molecule has 0 aromatic heterocycles. The van der Waals surface area contributed by atoms with Gasteiger partial charge in [-0.2, -0.15) is 0 Å². The molecule has 3 N–H and O–H groups in total. The van der Waals surface area contributed by atoms with Crippen LogP contribution in [0.3, 0.4) is 0 Å². The summed E-state index contributed by atoms with van der Waals surface area (Å²) in [4.78, 5) is 2.29. The highest BCUT2D eigenvalue weighted by Crippen LogP contribution is 2.42. The van der Waals surface area contributed by atoms with Gasteiger partial charge in [-0.25, -0.2) is 0 Å². The molecule has 0 heterocycles. The zero-order chi connectivity index (χ0) is 37.9. The van der Waals surface area contributed by atoms with Gasteiger partial charge in [0.25, 0.3) is 0 Å². The lowest BCUT2D eigenvalue weighted by Crippen LogP contribution is -2.29. The summed E-state index contributed by atoms with van der Waals surface area (Å²) in [5.74, 6) is 0.858. The number of nitrogens with zero attached hydrogens (tertiary/aromatic N) is 1. The maximum atomic E-state index is 11.8. The lowest BCUT2D eigenvalue weighted by molar-refractivity contribution is 0.232. The van der Waals surface area contributed by atoms with Crippen molar-refractivity contribution < 1.29 is 15.3 Å². The summed E-state index contributed by atoms with van der Waals surface area (Å²) in [6.07, 6.45) is 0. The van der Waals surface area contributed by atoms with Crippen molar-refractivity contribution in [2.75, 3.05) is 0 Å². The van der Waals surface area contributed by atoms with Crippen molar-refractivity contribution in [3.05, 3.63) is 86.5 Å². The predicted octanol–water partition coefficient (Wildman–Crippen LogP) is 11.8. The van der Waals surface area contributed by atoms with E-state index in [2.05, 4.69) is 148 Å². The Bertz CT molecular complexity index is 1450. The molecular weight excluding hydrogens is 602 g/mol. The molecule has 272 valence electrons. The number of benzene rings is 3.